The van der Waals surface area contributed by atoms with Crippen molar-refractivity contribution in [1.29, 1.82) is 0 Å². The van der Waals surface area contributed by atoms with Crippen molar-refractivity contribution in [2.45, 2.75) is 19.4 Å². The zero-order valence-electron chi connectivity index (χ0n) is 14.3. The number of amides is 2. The molecule has 0 unspecified atom stereocenters. The lowest BCUT2D eigenvalue weighted by Gasteiger charge is -2.10. The largest absolute Gasteiger partial charge is 0.493 e. The zero-order valence-corrected chi connectivity index (χ0v) is 14.3. The summed E-state index contributed by atoms with van der Waals surface area (Å²) in [5.74, 6) is 1.27. The van der Waals surface area contributed by atoms with Crippen LogP contribution in [0, 0.1) is 0 Å². The Bertz CT molecular complexity index is 697. The fourth-order valence-corrected chi connectivity index (χ4v) is 2.25. The second-order valence-corrected chi connectivity index (χ2v) is 5.32. The lowest BCUT2D eigenvalue weighted by molar-refractivity contribution is -0.129. The van der Waals surface area contributed by atoms with Crippen LogP contribution in [0.2, 0.25) is 0 Å². The molecule has 0 aliphatic heterocycles. The number of hydrogen-bond acceptors (Lipinski definition) is 5. The molecule has 7 nitrogen and oxygen atoms in total. The van der Waals surface area contributed by atoms with Crippen LogP contribution < -0.4 is 20.1 Å². The van der Waals surface area contributed by atoms with Gasteiger partial charge in [-0.3, -0.25) is 9.59 Å². The third-order valence-corrected chi connectivity index (χ3v) is 3.54. The first kappa shape index (κ1) is 18.4. The van der Waals surface area contributed by atoms with Crippen molar-refractivity contribution in [3.8, 4) is 11.5 Å². The number of furan rings is 1. The van der Waals surface area contributed by atoms with Gasteiger partial charge in [-0.2, -0.15) is 0 Å². The summed E-state index contributed by atoms with van der Waals surface area (Å²) in [5, 5.41) is 5.35. The van der Waals surface area contributed by atoms with Gasteiger partial charge in [-0.15, -0.1) is 0 Å². The molecule has 0 atom stereocenters. The zero-order chi connectivity index (χ0) is 18.1. The van der Waals surface area contributed by atoms with Gasteiger partial charge in [0.1, 0.15) is 12.2 Å². The van der Waals surface area contributed by atoms with E-state index in [0.717, 1.165) is 5.56 Å². The number of nitrogens with one attached hydrogen (secondary N) is 2. The fourth-order valence-electron chi connectivity index (χ4n) is 2.25. The monoisotopic (exact) mass is 346 g/mol. The Morgan fingerprint density at radius 1 is 1.04 bits per heavy atom. The predicted molar refractivity (Wildman–Crippen MR) is 91.4 cm³/mol. The third-order valence-electron chi connectivity index (χ3n) is 3.54. The van der Waals surface area contributed by atoms with Crippen LogP contribution in [0.15, 0.2) is 41.0 Å². The van der Waals surface area contributed by atoms with Crippen molar-refractivity contribution in [1.82, 2.24) is 10.6 Å². The van der Waals surface area contributed by atoms with Gasteiger partial charge in [0.15, 0.2) is 11.5 Å². The summed E-state index contributed by atoms with van der Waals surface area (Å²) < 4.78 is 15.5. The van der Waals surface area contributed by atoms with E-state index in [9.17, 15) is 9.59 Å². The fraction of sp³-hybridized carbons (Fsp3) is 0.333. The van der Waals surface area contributed by atoms with Crippen molar-refractivity contribution in [2.24, 2.45) is 0 Å². The molecular formula is C18H22N2O5. The number of ether oxygens (including phenoxy) is 2. The van der Waals surface area contributed by atoms with E-state index in [0.29, 0.717) is 30.2 Å². The summed E-state index contributed by atoms with van der Waals surface area (Å²) in [4.78, 5) is 23.5. The molecule has 0 saturated carbocycles. The maximum atomic E-state index is 11.8. The standard InChI is InChI=1S/C18H22N2O5/c1-23-15-6-5-13(10-16(15)24-2)7-8-19-17(21)11-18(22)20-12-14-4-3-9-25-14/h3-6,9-10H,7-8,11-12H2,1-2H3,(H,19,21)(H,20,22). The number of hydrogen-bond donors (Lipinski definition) is 2. The van der Waals surface area contributed by atoms with E-state index in [1.165, 1.54) is 6.26 Å². The molecule has 25 heavy (non-hydrogen) atoms. The molecule has 134 valence electrons. The highest BCUT2D eigenvalue weighted by molar-refractivity contribution is 5.96. The highest BCUT2D eigenvalue weighted by Gasteiger charge is 2.10. The summed E-state index contributed by atoms with van der Waals surface area (Å²) in [6, 6.07) is 9.08. The highest BCUT2D eigenvalue weighted by atomic mass is 16.5. The predicted octanol–water partition coefficient (Wildman–Crippen LogP) is 1.66. The van der Waals surface area contributed by atoms with Gasteiger partial charge in [-0.05, 0) is 36.2 Å². The number of methoxy groups -OCH3 is 2. The summed E-state index contributed by atoms with van der Waals surface area (Å²) in [6.45, 7) is 0.699. The molecule has 2 rings (SSSR count). The molecule has 2 aromatic rings. The van der Waals surface area contributed by atoms with Crippen molar-refractivity contribution >= 4 is 11.8 Å². The molecule has 1 heterocycles. The minimum absolute atomic E-state index is 0.216. The van der Waals surface area contributed by atoms with Crippen LogP contribution in [0.1, 0.15) is 17.7 Å². The molecule has 0 radical (unpaired) electrons. The van der Waals surface area contributed by atoms with E-state index in [4.69, 9.17) is 13.9 Å². The van der Waals surface area contributed by atoms with E-state index in [1.807, 2.05) is 18.2 Å². The number of rotatable bonds is 9. The van der Waals surface area contributed by atoms with Gasteiger partial charge in [-0.25, -0.2) is 0 Å². The molecule has 1 aromatic heterocycles. The average Bonchev–Trinajstić information content (AvgIpc) is 3.13. The second kappa shape index (κ2) is 9.36. The second-order valence-electron chi connectivity index (χ2n) is 5.32. The van der Waals surface area contributed by atoms with Crippen LogP contribution in [-0.4, -0.2) is 32.6 Å². The number of benzene rings is 1. The van der Waals surface area contributed by atoms with Crippen LogP contribution in [0.25, 0.3) is 0 Å². The molecule has 0 fully saturated rings. The lowest BCUT2D eigenvalue weighted by Crippen LogP contribution is -2.32. The Labute approximate surface area is 146 Å². The topological polar surface area (TPSA) is 89.8 Å². The summed E-state index contributed by atoms with van der Waals surface area (Å²) in [5.41, 5.74) is 1.00. The quantitative estimate of drug-likeness (QED) is 0.674. The Kier molecular flexibility index (Phi) is 6.88. The summed E-state index contributed by atoms with van der Waals surface area (Å²) in [6.07, 6.45) is 1.94. The first-order chi connectivity index (χ1) is 12.1. The van der Waals surface area contributed by atoms with Gasteiger partial charge in [0, 0.05) is 6.54 Å². The van der Waals surface area contributed by atoms with Crippen molar-refractivity contribution in [3.05, 3.63) is 47.9 Å². The molecule has 0 aliphatic rings. The Hall–Kier alpha value is -2.96. The van der Waals surface area contributed by atoms with E-state index in [2.05, 4.69) is 10.6 Å². The van der Waals surface area contributed by atoms with Gasteiger partial charge in [0.05, 0.1) is 27.0 Å². The summed E-state index contributed by atoms with van der Waals surface area (Å²) in [7, 11) is 3.15. The highest BCUT2D eigenvalue weighted by Crippen LogP contribution is 2.27. The van der Waals surface area contributed by atoms with E-state index < -0.39 is 0 Å². The van der Waals surface area contributed by atoms with Gasteiger partial charge in [0.2, 0.25) is 11.8 Å². The normalized spacial score (nSPS) is 10.2. The van der Waals surface area contributed by atoms with Crippen LogP contribution in [0.5, 0.6) is 11.5 Å². The maximum Gasteiger partial charge on any atom is 0.229 e. The van der Waals surface area contributed by atoms with Crippen molar-refractivity contribution < 1.29 is 23.5 Å². The Morgan fingerprint density at radius 3 is 2.48 bits per heavy atom. The molecule has 0 bridgehead atoms. The molecule has 1 aromatic carbocycles. The van der Waals surface area contributed by atoms with Gasteiger partial charge >= 0.3 is 0 Å². The molecule has 0 aliphatic carbocycles. The first-order valence-corrected chi connectivity index (χ1v) is 7.89. The Balaban J connectivity index is 1.70. The van der Waals surface area contributed by atoms with Crippen molar-refractivity contribution in [2.75, 3.05) is 20.8 Å². The molecule has 7 heteroatoms. The van der Waals surface area contributed by atoms with Crippen LogP contribution in [0.3, 0.4) is 0 Å². The average molecular weight is 346 g/mol. The molecular weight excluding hydrogens is 324 g/mol. The molecule has 2 N–H and O–H groups in total. The Morgan fingerprint density at radius 2 is 1.80 bits per heavy atom. The number of carbonyl (C=O) groups is 2. The minimum atomic E-state index is -0.347. The van der Waals surface area contributed by atoms with Crippen LogP contribution in [0.4, 0.5) is 0 Å². The molecule has 2 amide bonds. The molecule has 0 spiro atoms. The third kappa shape index (κ3) is 5.87. The molecule has 0 saturated heterocycles. The van der Waals surface area contributed by atoms with Gasteiger partial charge < -0.3 is 24.5 Å². The smallest absolute Gasteiger partial charge is 0.229 e. The van der Waals surface area contributed by atoms with Crippen LogP contribution >= 0.6 is 0 Å². The van der Waals surface area contributed by atoms with Crippen molar-refractivity contribution in [3.63, 3.8) is 0 Å². The first-order valence-electron chi connectivity index (χ1n) is 7.89. The number of carbonyl (C=O) groups excluding carboxylic acids is 2. The van der Waals surface area contributed by atoms with Gasteiger partial charge in [-0.1, -0.05) is 6.07 Å². The maximum absolute atomic E-state index is 11.8. The van der Waals surface area contributed by atoms with E-state index in [1.54, 1.807) is 26.4 Å². The van der Waals surface area contributed by atoms with E-state index >= 15 is 0 Å². The van der Waals surface area contributed by atoms with Crippen LogP contribution in [-0.2, 0) is 22.6 Å². The SMILES string of the molecule is COc1ccc(CCNC(=O)CC(=O)NCc2ccco2)cc1OC. The van der Waals surface area contributed by atoms with E-state index in [-0.39, 0.29) is 24.8 Å². The summed E-state index contributed by atoms with van der Waals surface area (Å²) >= 11 is 0. The lowest BCUT2D eigenvalue weighted by atomic mass is 10.1. The van der Waals surface area contributed by atoms with Gasteiger partial charge in [0.25, 0.3) is 0 Å². The minimum Gasteiger partial charge on any atom is -0.493 e.